The molecule has 0 saturated carbocycles. The molecule has 1 fully saturated rings. The Morgan fingerprint density at radius 3 is 2.14 bits per heavy atom. The second kappa shape index (κ2) is 10.6. The summed E-state index contributed by atoms with van der Waals surface area (Å²) >= 11 is 6.51. The molecule has 2 heterocycles. The third kappa shape index (κ3) is 5.13. The minimum absolute atomic E-state index is 0.0637. The third-order valence-electron chi connectivity index (χ3n) is 5.40. The van der Waals surface area contributed by atoms with Crippen LogP contribution in [0.25, 0.3) is 0 Å². The van der Waals surface area contributed by atoms with Crippen molar-refractivity contribution in [2.24, 2.45) is 0 Å². The number of hydroxylamine groups is 2. The van der Waals surface area contributed by atoms with Crippen molar-refractivity contribution in [3.8, 4) is 0 Å². The molecule has 0 aromatic heterocycles. The molecule has 2 aliphatic heterocycles. The van der Waals surface area contributed by atoms with Crippen LogP contribution in [-0.4, -0.2) is 64.4 Å². The van der Waals surface area contributed by atoms with E-state index in [4.69, 9.17) is 25.9 Å². The largest absolute Gasteiger partial charge is 0.479 e. The van der Waals surface area contributed by atoms with E-state index >= 15 is 0 Å². The van der Waals surface area contributed by atoms with Gasteiger partial charge in [-0.25, -0.2) is 14.4 Å². The van der Waals surface area contributed by atoms with Gasteiger partial charge in [-0.2, -0.15) is 5.06 Å². The molecule has 2 aromatic rings. The van der Waals surface area contributed by atoms with E-state index in [1.165, 1.54) is 12.1 Å². The highest BCUT2D eigenvalue weighted by molar-refractivity contribution is 6.30. The van der Waals surface area contributed by atoms with Crippen LogP contribution in [0.15, 0.2) is 71.5 Å². The van der Waals surface area contributed by atoms with Gasteiger partial charge in [0.05, 0.1) is 16.8 Å². The number of amides is 1. The number of carbonyl (C=O) groups is 4. The predicted molar refractivity (Wildman–Crippen MR) is 121 cm³/mol. The molecule has 182 valence electrons. The van der Waals surface area contributed by atoms with Gasteiger partial charge in [-0.3, -0.25) is 9.69 Å². The molecule has 10 nitrogen and oxygen atoms in total. The molecule has 11 heteroatoms. The van der Waals surface area contributed by atoms with Gasteiger partial charge in [-0.05, 0) is 37.1 Å². The zero-order chi connectivity index (χ0) is 24.9. The summed E-state index contributed by atoms with van der Waals surface area (Å²) in [6.45, 7) is -0.141. The van der Waals surface area contributed by atoms with Crippen LogP contribution in [0.5, 0.6) is 0 Å². The quantitative estimate of drug-likeness (QED) is 0.347. The highest BCUT2D eigenvalue weighted by Crippen LogP contribution is 2.34. The van der Waals surface area contributed by atoms with Crippen LogP contribution in [0.3, 0.4) is 0 Å². The number of aliphatic carboxylic acids is 1. The Morgan fingerprint density at radius 2 is 1.60 bits per heavy atom. The maximum absolute atomic E-state index is 13.4. The molecule has 2 aliphatic rings. The van der Waals surface area contributed by atoms with Gasteiger partial charge >= 0.3 is 17.9 Å². The topological polar surface area (TPSA) is 123 Å². The summed E-state index contributed by atoms with van der Waals surface area (Å²) in [5.41, 5.74) is 0.323. The molecule has 0 aliphatic carbocycles. The van der Waals surface area contributed by atoms with Gasteiger partial charge < -0.3 is 19.4 Å². The Bertz CT molecular complexity index is 1150. The molecule has 2 atom stereocenters. The van der Waals surface area contributed by atoms with Gasteiger partial charge in [-0.1, -0.05) is 48.0 Å². The lowest BCUT2D eigenvalue weighted by Crippen LogP contribution is -2.59. The highest BCUT2D eigenvalue weighted by Gasteiger charge is 2.49. The number of hydrogen-bond donors (Lipinski definition) is 1. The molecule has 1 N–H and O–H groups in total. The molecule has 0 bridgehead atoms. The number of nitrogens with zero attached hydrogens (tertiary/aromatic N) is 2. The Labute approximate surface area is 205 Å². The lowest BCUT2D eigenvalue weighted by atomic mass is 10.1. The van der Waals surface area contributed by atoms with Crippen molar-refractivity contribution in [2.45, 2.75) is 25.1 Å². The van der Waals surface area contributed by atoms with Crippen LogP contribution in [0.4, 0.5) is 0 Å². The van der Waals surface area contributed by atoms with Crippen LogP contribution in [0, 0.1) is 0 Å². The standard InChI is InChI=1S/C24H21ClN2O8/c25-20-17(14-34-23(31)15-8-3-1-4-9-15)26(18-12-7-13-33-18)21(28)19(22(29)30)27(20)35-24(32)16-10-5-2-6-11-16/h1-6,8-11,18-19H,7,12-14H2,(H,29,30). The first kappa shape index (κ1) is 24.2. The van der Waals surface area contributed by atoms with Crippen LogP contribution in [-0.2, 0) is 23.9 Å². The zero-order valence-corrected chi connectivity index (χ0v) is 19.1. The lowest BCUT2D eigenvalue weighted by molar-refractivity contribution is -0.180. The van der Waals surface area contributed by atoms with Crippen LogP contribution < -0.4 is 0 Å². The summed E-state index contributed by atoms with van der Waals surface area (Å²) in [6.07, 6.45) is 0.242. The van der Waals surface area contributed by atoms with E-state index in [2.05, 4.69) is 0 Å². The Balaban J connectivity index is 1.68. The first-order valence-corrected chi connectivity index (χ1v) is 11.1. The first-order valence-electron chi connectivity index (χ1n) is 10.7. The van der Waals surface area contributed by atoms with Crippen LogP contribution >= 0.6 is 11.6 Å². The molecule has 1 saturated heterocycles. The van der Waals surface area contributed by atoms with Gasteiger partial charge in [0.25, 0.3) is 5.91 Å². The van der Waals surface area contributed by atoms with Crippen molar-refractivity contribution in [3.63, 3.8) is 0 Å². The summed E-state index contributed by atoms with van der Waals surface area (Å²) < 4.78 is 11.0. The van der Waals surface area contributed by atoms with Gasteiger partial charge in [0.1, 0.15) is 12.8 Å². The van der Waals surface area contributed by atoms with Crippen LogP contribution in [0.2, 0.25) is 0 Å². The fourth-order valence-corrected chi connectivity index (χ4v) is 4.00. The van der Waals surface area contributed by atoms with E-state index in [0.717, 1.165) is 4.90 Å². The minimum atomic E-state index is -1.96. The number of hydrogen-bond acceptors (Lipinski definition) is 8. The predicted octanol–water partition coefficient (Wildman–Crippen LogP) is 2.76. The molecule has 0 spiro atoms. The highest BCUT2D eigenvalue weighted by atomic mass is 35.5. The van der Waals surface area contributed by atoms with E-state index in [1.54, 1.807) is 48.5 Å². The van der Waals surface area contributed by atoms with Gasteiger partial charge in [0.15, 0.2) is 5.16 Å². The Hall–Kier alpha value is -3.89. The number of carboxylic acid groups (broad SMARTS) is 1. The summed E-state index contributed by atoms with van der Waals surface area (Å²) in [5.74, 6) is -4.14. The summed E-state index contributed by atoms with van der Waals surface area (Å²) in [6, 6.07) is 14.0. The zero-order valence-electron chi connectivity index (χ0n) is 18.3. The number of esters is 1. The fourth-order valence-electron chi connectivity index (χ4n) is 3.72. The second-order valence-corrected chi connectivity index (χ2v) is 8.02. The van der Waals surface area contributed by atoms with Crippen LogP contribution in [0.1, 0.15) is 33.6 Å². The lowest BCUT2D eigenvalue weighted by Gasteiger charge is -2.40. The molecule has 1 amide bonds. The molecular weight excluding hydrogens is 480 g/mol. The van der Waals surface area contributed by atoms with Crippen molar-refractivity contribution in [3.05, 3.63) is 82.6 Å². The average molecular weight is 501 g/mol. The monoisotopic (exact) mass is 500 g/mol. The smallest absolute Gasteiger partial charge is 0.363 e. The molecule has 0 radical (unpaired) electrons. The van der Waals surface area contributed by atoms with Crippen molar-refractivity contribution < 1.29 is 38.6 Å². The molecule has 4 rings (SSSR count). The molecular formula is C24H21ClN2O8. The fraction of sp³-hybridized carbons (Fsp3) is 0.250. The van der Waals surface area contributed by atoms with Crippen molar-refractivity contribution in [1.82, 2.24) is 9.96 Å². The Morgan fingerprint density at radius 1 is 1.00 bits per heavy atom. The molecule has 35 heavy (non-hydrogen) atoms. The van der Waals surface area contributed by atoms with E-state index in [9.17, 15) is 24.3 Å². The van der Waals surface area contributed by atoms with E-state index < -0.39 is 47.8 Å². The SMILES string of the molecule is O=C(OCC1=C(Cl)N(OC(=O)c2ccccc2)C(C(=O)O)C(=O)N1C1CCCO1)c1ccccc1. The number of benzene rings is 2. The minimum Gasteiger partial charge on any atom is -0.479 e. The van der Waals surface area contributed by atoms with Gasteiger partial charge in [0.2, 0.25) is 6.04 Å². The number of halogens is 1. The van der Waals surface area contributed by atoms with E-state index in [-0.39, 0.29) is 16.8 Å². The first-order chi connectivity index (χ1) is 16.9. The van der Waals surface area contributed by atoms with Crippen molar-refractivity contribution in [1.29, 1.82) is 0 Å². The average Bonchev–Trinajstić information content (AvgIpc) is 3.40. The molecule has 2 aromatic carbocycles. The van der Waals surface area contributed by atoms with E-state index in [1.807, 2.05) is 0 Å². The summed E-state index contributed by atoms with van der Waals surface area (Å²) in [7, 11) is 0. The number of carboxylic acids is 1. The summed E-state index contributed by atoms with van der Waals surface area (Å²) in [4.78, 5) is 56.9. The van der Waals surface area contributed by atoms with Gasteiger partial charge in [-0.15, -0.1) is 0 Å². The van der Waals surface area contributed by atoms with E-state index in [0.29, 0.717) is 24.5 Å². The second-order valence-electron chi connectivity index (χ2n) is 7.67. The molecule has 2 unspecified atom stereocenters. The third-order valence-corrected chi connectivity index (χ3v) is 5.78. The number of ether oxygens (including phenoxy) is 2. The van der Waals surface area contributed by atoms with Crippen molar-refractivity contribution in [2.75, 3.05) is 13.2 Å². The maximum atomic E-state index is 13.4. The summed E-state index contributed by atoms with van der Waals surface area (Å²) in [5, 5.41) is 9.94. The van der Waals surface area contributed by atoms with Crippen molar-refractivity contribution >= 4 is 35.4 Å². The maximum Gasteiger partial charge on any atom is 0.363 e. The number of rotatable bonds is 7. The number of carbonyl (C=O) groups excluding carboxylic acids is 3. The normalized spacial score (nSPS) is 20.1. The van der Waals surface area contributed by atoms with Gasteiger partial charge in [0, 0.05) is 6.61 Å². The Kier molecular flexibility index (Phi) is 7.33.